The van der Waals surface area contributed by atoms with Crippen molar-refractivity contribution >= 4 is 39.9 Å². The maximum absolute atomic E-state index is 12.2. The Morgan fingerprint density at radius 2 is 1.75 bits per heavy atom. The van der Waals surface area contributed by atoms with E-state index in [1.54, 1.807) is 18.4 Å². The molecule has 0 atom stereocenters. The molecule has 0 aromatic heterocycles. The molecule has 0 spiro atoms. The zero-order valence-electron chi connectivity index (χ0n) is 15.7. The number of carbonyl (C=O) groups excluding carboxylic acids is 1. The van der Waals surface area contributed by atoms with Gasteiger partial charge in [-0.2, -0.15) is 0 Å². The third kappa shape index (κ3) is 5.51. The summed E-state index contributed by atoms with van der Waals surface area (Å²) in [6.45, 7) is 4.05. The largest absolute Gasteiger partial charge is 0.423 e. The van der Waals surface area contributed by atoms with Crippen molar-refractivity contribution in [3.63, 3.8) is 0 Å². The van der Waals surface area contributed by atoms with Gasteiger partial charge in [0.15, 0.2) is 0 Å². The lowest BCUT2D eigenvalue weighted by Gasteiger charge is -2.06. The van der Waals surface area contributed by atoms with Crippen molar-refractivity contribution in [2.24, 2.45) is 4.99 Å². The van der Waals surface area contributed by atoms with Gasteiger partial charge in [0.25, 0.3) is 0 Å². The van der Waals surface area contributed by atoms with E-state index in [1.807, 2.05) is 68.4 Å². The summed E-state index contributed by atoms with van der Waals surface area (Å²) in [6.07, 6.45) is 4.87. The van der Waals surface area contributed by atoms with Crippen LogP contribution in [0, 0.1) is 13.8 Å². The van der Waals surface area contributed by atoms with Crippen molar-refractivity contribution < 1.29 is 9.53 Å². The van der Waals surface area contributed by atoms with E-state index >= 15 is 0 Å². The van der Waals surface area contributed by atoms with Crippen LogP contribution in [-0.2, 0) is 4.79 Å². The number of benzene rings is 3. The Bertz CT molecular complexity index is 1040. The summed E-state index contributed by atoms with van der Waals surface area (Å²) in [5.74, 6) is 0.0394. The second-order valence-electron chi connectivity index (χ2n) is 6.39. The zero-order chi connectivity index (χ0) is 19.9. The lowest BCUT2D eigenvalue weighted by molar-refractivity contribution is -0.128. The van der Waals surface area contributed by atoms with Gasteiger partial charge in [0.1, 0.15) is 5.75 Å². The molecule has 0 bridgehead atoms. The first-order valence-corrected chi connectivity index (χ1v) is 9.66. The summed E-state index contributed by atoms with van der Waals surface area (Å²) < 4.78 is 6.50. The molecule has 3 nitrogen and oxygen atoms in total. The summed E-state index contributed by atoms with van der Waals surface area (Å²) in [4.78, 5) is 16.8. The summed E-state index contributed by atoms with van der Waals surface area (Å²) in [5, 5.41) is 0. The van der Waals surface area contributed by atoms with E-state index in [0.29, 0.717) is 5.75 Å². The lowest BCUT2D eigenvalue weighted by atomic mass is 10.1. The Labute approximate surface area is 173 Å². The maximum atomic E-state index is 12.2. The standard InChI is InChI=1S/C24H20BrNO2/c1-17-7-8-18(2)22(15-17)26-16-20-5-3-4-6-23(20)28-24(27)14-11-19-9-12-21(25)13-10-19/h3-16H,1-2H3. The van der Waals surface area contributed by atoms with Crippen LogP contribution in [0.4, 0.5) is 5.69 Å². The van der Waals surface area contributed by atoms with Crippen molar-refractivity contribution in [1.29, 1.82) is 0 Å². The average Bonchev–Trinajstić information content (AvgIpc) is 2.69. The SMILES string of the molecule is Cc1ccc(C)c(N=Cc2ccccc2OC(=O)C=Cc2ccc(Br)cc2)c1. The highest BCUT2D eigenvalue weighted by atomic mass is 79.9. The monoisotopic (exact) mass is 433 g/mol. The van der Waals surface area contributed by atoms with Crippen LogP contribution in [0.25, 0.3) is 6.08 Å². The molecule has 3 aromatic rings. The van der Waals surface area contributed by atoms with Crippen LogP contribution in [0.1, 0.15) is 22.3 Å². The Hall–Kier alpha value is -2.98. The van der Waals surface area contributed by atoms with E-state index in [4.69, 9.17) is 4.74 Å². The minimum Gasteiger partial charge on any atom is -0.423 e. The van der Waals surface area contributed by atoms with Gasteiger partial charge in [0.05, 0.1) is 5.69 Å². The Kier molecular flexibility index (Phi) is 6.56. The summed E-state index contributed by atoms with van der Waals surface area (Å²) in [6, 6.07) is 21.1. The predicted molar refractivity (Wildman–Crippen MR) is 118 cm³/mol. The van der Waals surface area contributed by atoms with Gasteiger partial charge in [-0.1, -0.05) is 52.3 Å². The normalized spacial score (nSPS) is 11.2. The number of para-hydroxylation sites is 1. The molecule has 0 aliphatic heterocycles. The summed E-state index contributed by atoms with van der Waals surface area (Å²) >= 11 is 3.39. The molecular weight excluding hydrogens is 414 g/mol. The second-order valence-corrected chi connectivity index (χ2v) is 7.31. The molecule has 0 saturated heterocycles. The summed E-state index contributed by atoms with van der Waals surface area (Å²) in [7, 11) is 0. The van der Waals surface area contributed by atoms with E-state index in [-0.39, 0.29) is 0 Å². The summed E-state index contributed by atoms with van der Waals surface area (Å²) in [5.41, 5.74) is 4.80. The molecule has 28 heavy (non-hydrogen) atoms. The zero-order valence-corrected chi connectivity index (χ0v) is 17.3. The number of ether oxygens (including phenoxy) is 1. The van der Waals surface area contributed by atoms with Gasteiger partial charge in [-0.05, 0) is 66.9 Å². The van der Waals surface area contributed by atoms with Crippen LogP contribution in [0.3, 0.4) is 0 Å². The van der Waals surface area contributed by atoms with Crippen LogP contribution in [0.2, 0.25) is 0 Å². The third-order valence-electron chi connectivity index (χ3n) is 4.12. The second kappa shape index (κ2) is 9.29. The fourth-order valence-corrected chi connectivity index (χ4v) is 2.82. The highest BCUT2D eigenvalue weighted by molar-refractivity contribution is 9.10. The van der Waals surface area contributed by atoms with Crippen molar-refractivity contribution in [2.45, 2.75) is 13.8 Å². The molecule has 0 aliphatic carbocycles. The number of aryl methyl sites for hydroxylation is 2. The maximum Gasteiger partial charge on any atom is 0.336 e. The van der Waals surface area contributed by atoms with Gasteiger partial charge in [0.2, 0.25) is 0 Å². The highest BCUT2D eigenvalue weighted by Crippen LogP contribution is 2.22. The molecule has 0 aliphatic rings. The fraction of sp³-hybridized carbons (Fsp3) is 0.0833. The third-order valence-corrected chi connectivity index (χ3v) is 4.65. The van der Waals surface area contributed by atoms with E-state index < -0.39 is 5.97 Å². The number of hydrogen-bond donors (Lipinski definition) is 0. The fourth-order valence-electron chi connectivity index (χ4n) is 2.56. The minimum absolute atomic E-state index is 0.435. The molecule has 3 rings (SSSR count). The average molecular weight is 434 g/mol. The van der Waals surface area contributed by atoms with Crippen LogP contribution >= 0.6 is 15.9 Å². The molecule has 140 valence electrons. The van der Waals surface area contributed by atoms with Gasteiger partial charge in [0, 0.05) is 22.3 Å². The van der Waals surface area contributed by atoms with Crippen molar-refractivity contribution in [1.82, 2.24) is 0 Å². The molecule has 0 radical (unpaired) electrons. The topological polar surface area (TPSA) is 38.7 Å². The van der Waals surface area contributed by atoms with E-state index in [1.165, 1.54) is 6.08 Å². The number of nitrogens with zero attached hydrogens (tertiary/aromatic N) is 1. The Balaban J connectivity index is 1.74. The molecule has 4 heteroatoms. The molecule has 3 aromatic carbocycles. The molecule has 0 saturated carbocycles. The van der Waals surface area contributed by atoms with Gasteiger partial charge in [-0.15, -0.1) is 0 Å². The van der Waals surface area contributed by atoms with Gasteiger partial charge in [-0.3, -0.25) is 4.99 Å². The molecule has 0 unspecified atom stereocenters. The van der Waals surface area contributed by atoms with Crippen molar-refractivity contribution in [3.05, 3.63) is 99.5 Å². The van der Waals surface area contributed by atoms with Crippen LogP contribution in [0.5, 0.6) is 5.75 Å². The quantitative estimate of drug-likeness (QED) is 0.201. The predicted octanol–water partition coefficient (Wildman–Crippen LogP) is 6.44. The Morgan fingerprint density at radius 3 is 2.54 bits per heavy atom. The number of halogens is 1. The molecule has 0 amide bonds. The lowest BCUT2D eigenvalue weighted by Crippen LogP contribution is -2.05. The van der Waals surface area contributed by atoms with E-state index in [0.717, 1.165) is 32.4 Å². The van der Waals surface area contributed by atoms with Crippen LogP contribution in [0.15, 0.2) is 82.3 Å². The molecule has 0 fully saturated rings. The van der Waals surface area contributed by atoms with E-state index in [2.05, 4.69) is 27.0 Å². The molecule has 0 heterocycles. The molecular formula is C24H20BrNO2. The van der Waals surface area contributed by atoms with E-state index in [9.17, 15) is 4.79 Å². The van der Waals surface area contributed by atoms with Crippen LogP contribution < -0.4 is 4.74 Å². The number of rotatable bonds is 5. The number of carbonyl (C=O) groups is 1. The van der Waals surface area contributed by atoms with Crippen LogP contribution in [-0.4, -0.2) is 12.2 Å². The van der Waals surface area contributed by atoms with Gasteiger partial charge in [-0.25, -0.2) is 4.79 Å². The van der Waals surface area contributed by atoms with Crippen molar-refractivity contribution in [2.75, 3.05) is 0 Å². The highest BCUT2D eigenvalue weighted by Gasteiger charge is 2.05. The van der Waals surface area contributed by atoms with Crippen molar-refractivity contribution in [3.8, 4) is 5.75 Å². The first kappa shape index (κ1) is 19.8. The smallest absolute Gasteiger partial charge is 0.336 e. The molecule has 0 N–H and O–H groups in total. The Morgan fingerprint density at radius 1 is 1.00 bits per heavy atom. The number of hydrogen-bond acceptors (Lipinski definition) is 3. The first-order valence-electron chi connectivity index (χ1n) is 8.87. The number of aliphatic imine (C=N–C) groups is 1. The van der Waals surface area contributed by atoms with Gasteiger partial charge < -0.3 is 4.74 Å². The first-order chi connectivity index (χ1) is 13.5. The van der Waals surface area contributed by atoms with Gasteiger partial charge >= 0.3 is 5.97 Å². The number of esters is 1. The minimum atomic E-state index is -0.435.